The van der Waals surface area contributed by atoms with Crippen LogP contribution in [0.2, 0.25) is 0 Å². The molecule has 0 spiro atoms. The molecule has 0 aromatic carbocycles. The Morgan fingerprint density at radius 2 is 1.95 bits per heavy atom. The highest BCUT2D eigenvalue weighted by molar-refractivity contribution is 5.69. The molecule has 0 bridgehead atoms. The number of aliphatic carboxylic acids is 1. The van der Waals surface area contributed by atoms with Crippen LogP contribution in [-0.4, -0.2) is 58.9 Å². The van der Waals surface area contributed by atoms with Crippen LogP contribution in [0.15, 0.2) is 12.1 Å². The molecule has 0 saturated carbocycles. The summed E-state index contributed by atoms with van der Waals surface area (Å²) in [4.78, 5) is 14.3. The molecule has 21 heavy (non-hydrogen) atoms. The number of carbonyl (C=O) groups is 1. The maximum atomic E-state index is 12.4. The summed E-state index contributed by atoms with van der Waals surface area (Å²) in [5.41, 5.74) is -1.02. The first-order chi connectivity index (χ1) is 9.86. The molecule has 0 amide bonds. The van der Waals surface area contributed by atoms with Gasteiger partial charge < -0.3 is 10.0 Å². The van der Waals surface area contributed by atoms with E-state index in [-0.39, 0.29) is 6.54 Å². The van der Waals surface area contributed by atoms with Crippen molar-refractivity contribution in [2.75, 3.05) is 37.6 Å². The van der Waals surface area contributed by atoms with Crippen molar-refractivity contribution in [2.24, 2.45) is 0 Å². The Morgan fingerprint density at radius 3 is 2.52 bits per heavy atom. The molecule has 1 aliphatic heterocycles. The SMILES string of the molecule is O=C(O)CN1CCCN(c2ccc(C(F)(F)F)nn2)CC1. The normalized spacial score (nSPS) is 17.6. The molecule has 0 aliphatic carbocycles. The second-order valence-corrected chi connectivity index (χ2v) is 4.79. The molecule has 0 radical (unpaired) electrons. The van der Waals surface area contributed by atoms with Crippen LogP contribution in [0.3, 0.4) is 0 Å². The van der Waals surface area contributed by atoms with Crippen molar-refractivity contribution in [3.63, 3.8) is 0 Å². The highest BCUT2D eigenvalue weighted by Crippen LogP contribution is 2.27. The number of aromatic nitrogens is 2. The molecular formula is C12H15F3N4O2. The number of nitrogens with zero attached hydrogens (tertiary/aromatic N) is 4. The maximum Gasteiger partial charge on any atom is 0.435 e. The Balaban J connectivity index is 2.00. The summed E-state index contributed by atoms with van der Waals surface area (Å²) in [6, 6.07) is 2.20. The second kappa shape index (κ2) is 6.25. The van der Waals surface area contributed by atoms with Gasteiger partial charge in [-0.15, -0.1) is 10.2 Å². The standard InChI is InChI=1S/C12H15F3N4O2/c13-12(14,15)9-2-3-10(17-16-9)19-5-1-4-18(6-7-19)8-11(20)21/h2-3H,1,4-8H2,(H,20,21). The molecular weight excluding hydrogens is 289 g/mol. The van der Waals surface area contributed by atoms with E-state index < -0.39 is 17.8 Å². The van der Waals surface area contributed by atoms with Gasteiger partial charge in [-0.25, -0.2) is 0 Å². The van der Waals surface area contributed by atoms with Gasteiger partial charge in [0, 0.05) is 26.2 Å². The maximum absolute atomic E-state index is 12.4. The van der Waals surface area contributed by atoms with Crippen LogP contribution in [-0.2, 0) is 11.0 Å². The van der Waals surface area contributed by atoms with Crippen molar-refractivity contribution in [2.45, 2.75) is 12.6 Å². The minimum Gasteiger partial charge on any atom is -0.480 e. The number of carboxylic acid groups (broad SMARTS) is 1. The van der Waals surface area contributed by atoms with Gasteiger partial charge in [0.1, 0.15) is 0 Å². The summed E-state index contributed by atoms with van der Waals surface area (Å²) in [6.07, 6.45) is -3.78. The number of carboxylic acids is 1. The van der Waals surface area contributed by atoms with E-state index in [0.29, 0.717) is 32.0 Å². The molecule has 2 rings (SSSR count). The number of hydrogen-bond donors (Lipinski definition) is 1. The molecule has 1 fully saturated rings. The van der Waals surface area contributed by atoms with E-state index in [1.807, 2.05) is 4.90 Å². The average molecular weight is 304 g/mol. The zero-order valence-corrected chi connectivity index (χ0v) is 11.2. The van der Waals surface area contributed by atoms with Crippen molar-refractivity contribution >= 4 is 11.8 Å². The van der Waals surface area contributed by atoms with Crippen LogP contribution in [0.25, 0.3) is 0 Å². The Kier molecular flexibility index (Phi) is 4.61. The van der Waals surface area contributed by atoms with Crippen molar-refractivity contribution in [3.8, 4) is 0 Å². The number of hydrogen-bond acceptors (Lipinski definition) is 5. The molecule has 1 saturated heterocycles. The fourth-order valence-corrected chi connectivity index (χ4v) is 2.19. The lowest BCUT2D eigenvalue weighted by molar-refractivity contribution is -0.141. The van der Waals surface area contributed by atoms with E-state index in [2.05, 4.69) is 10.2 Å². The van der Waals surface area contributed by atoms with Crippen molar-refractivity contribution < 1.29 is 23.1 Å². The van der Waals surface area contributed by atoms with Gasteiger partial charge in [-0.05, 0) is 18.6 Å². The lowest BCUT2D eigenvalue weighted by Crippen LogP contribution is -2.34. The fourth-order valence-electron chi connectivity index (χ4n) is 2.19. The van der Waals surface area contributed by atoms with E-state index in [9.17, 15) is 18.0 Å². The molecule has 0 atom stereocenters. The fraction of sp³-hybridized carbons (Fsp3) is 0.583. The van der Waals surface area contributed by atoms with Gasteiger partial charge in [-0.3, -0.25) is 9.69 Å². The first-order valence-electron chi connectivity index (χ1n) is 6.46. The third-order valence-electron chi connectivity index (χ3n) is 3.21. The van der Waals surface area contributed by atoms with Gasteiger partial charge in [0.15, 0.2) is 11.5 Å². The minimum absolute atomic E-state index is 0.0352. The number of halogens is 3. The Bertz CT molecular complexity index is 492. The van der Waals surface area contributed by atoms with Gasteiger partial charge >= 0.3 is 12.1 Å². The molecule has 116 valence electrons. The third kappa shape index (κ3) is 4.28. The summed E-state index contributed by atoms with van der Waals surface area (Å²) < 4.78 is 37.3. The Hall–Kier alpha value is -1.90. The highest BCUT2D eigenvalue weighted by atomic mass is 19.4. The smallest absolute Gasteiger partial charge is 0.435 e. The predicted molar refractivity (Wildman–Crippen MR) is 67.9 cm³/mol. The van der Waals surface area contributed by atoms with Gasteiger partial charge in [0.25, 0.3) is 0 Å². The summed E-state index contributed by atoms with van der Waals surface area (Å²) in [5, 5.41) is 15.6. The second-order valence-electron chi connectivity index (χ2n) is 4.79. The highest BCUT2D eigenvalue weighted by Gasteiger charge is 2.33. The van der Waals surface area contributed by atoms with Gasteiger partial charge in [0.05, 0.1) is 6.54 Å². The van der Waals surface area contributed by atoms with E-state index >= 15 is 0 Å². The predicted octanol–water partition coefficient (Wildman–Crippen LogP) is 1.09. The van der Waals surface area contributed by atoms with Crippen LogP contribution in [0.1, 0.15) is 12.1 Å². The van der Waals surface area contributed by atoms with E-state index in [1.165, 1.54) is 6.07 Å². The Morgan fingerprint density at radius 1 is 1.19 bits per heavy atom. The van der Waals surface area contributed by atoms with Crippen LogP contribution in [0.5, 0.6) is 0 Å². The summed E-state index contributed by atoms with van der Waals surface area (Å²) >= 11 is 0. The number of anilines is 1. The molecule has 9 heteroatoms. The van der Waals surface area contributed by atoms with E-state index in [1.54, 1.807) is 4.90 Å². The third-order valence-corrected chi connectivity index (χ3v) is 3.21. The average Bonchev–Trinajstić information content (AvgIpc) is 2.63. The van der Waals surface area contributed by atoms with Crippen LogP contribution in [0, 0.1) is 0 Å². The van der Waals surface area contributed by atoms with E-state index in [0.717, 1.165) is 12.5 Å². The zero-order chi connectivity index (χ0) is 15.5. The molecule has 1 aliphatic rings. The van der Waals surface area contributed by atoms with Crippen LogP contribution < -0.4 is 4.90 Å². The van der Waals surface area contributed by atoms with Gasteiger partial charge in [0.2, 0.25) is 0 Å². The molecule has 1 aromatic heterocycles. The first kappa shape index (κ1) is 15.5. The van der Waals surface area contributed by atoms with Gasteiger partial charge in [-0.1, -0.05) is 0 Å². The quantitative estimate of drug-likeness (QED) is 0.901. The lowest BCUT2D eigenvalue weighted by Gasteiger charge is -2.21. The Labute approximate surface area is 119 Å². The van der Waals surface area contributed by atoms with Crippen LogP contribution in [0.4, 0.5) is 19.0 Å². The number of alkyl halides is 3. The van der Waals surface area contributed by atoms with Crippen molar-refractivity contribution in [3.05, 3.63) is 17.8 Å². The van der Waals surface area contributed by atoms with E-state index in [4.69, 9.17) is 5.11 Å². The minimum atomic E-state index is -4.50. The summed E-state index contributed by atoms with van der Waals surface area (Å²) in [7, 11) is 0. The summed E-state index contributed by atoms with van der Waals surface area (Å²) in [5.74, 6) is -0.516. The van der Waals surface area contributed by atoms with Crippen LogP contribution >= 0.6 is 0 Å². The van der Waals surface area contributed by atoms with Gasteiger partial charge in [-0.2, -0.15) is 13.2 Å². The lowest BCUT2D eigenvalue weighted by atomic mass is 10.3. The van der Waals surface area contributed by atoms with Crippen molar-refractivity contribution in [1.29, 1.82) is 0 Å². The summed E-state index contributed by atoms with van der Waals surface area (Å²) in [6.45, 7) is 2.24. The molecule has 1 aromatic rings. The topological polar surface area (TPSA) is 69.6 Å². The number of rotatable bonds is 3. The molecule has 1 N–H and O–H groups in total. The molecule has 2 heterocycles. The zero-order valence-electron chi connectivity index (χ0n) is 11.2. The largest absolute Gasteiger partial charge is 0.480 e. The van der Waals surface area contributed by atoms with Crippen molar-refractivity contribution in [1.82, 2.24) is 15.1 Å². The molecule has 0 unspecified atom stereocenters. The first-order valence-corrected chi connectivity index (χ1v) is 6.46. The molecule has 6 nitrogen and oxygen atoms in total. The monoisotopic (exact) mass is 304 g/mol.